The molecular formula is C17H14ClN5O2. The molecule has 0 spiro atoms. The Morgan fingerprint density at radius 1 is 1.32 bits per heavy atom. The van der Waals surface area contributed by atoms with Gasteiger partial charge in [-0.3, -0.25) is 4.79 Å². The van der Waals surface area contributed by atoms with Gasteiger partial charge in [0.05, 0.1) is 11.8 Å². The highest BCUT2D eigenvalue weighted by molar-refractivity contribution is 6.30. The van der Waals surface area contributed by atoms with Crippen molar-refractivity contribution in [2.45, 2.75) is 12.5 Å². The third kappa shape index (κ3) is 3.57. The molecule has 1 heterocycles. The molecule has 0 radical (unpaired) electrons. The molecule has 0 saturated heterocycles. The summed E-state index contributed by atoms with van der Waals surface area (Å²) in [5.41, 5.74) is 10.6. The van der Waals surface area contributed by atoms with E-state index in [4.69, 9.17) is 17.1 Å². The van der Waals surface area contributed by atoms with Gasteiger partial charge in [-0.1, -0.05) is 47.0 Å². The van der Waals surface area contributed by atoms with Crippen LogP contribution in [-0.2, 0) is 4.79 Å². The number of phenols is 1. The van der Waals surface area contributed by atoms with Crippen LogP contribution in [0.1, 0.15) is 23.6 Å². The van der Waals surface area contributed by atoms with E-state index in [1.807, 2.05) is 12.1 Å². The van der Waals surface area contributed by atoms with Gasteiger partial charge in [-0.05, 0) is 29.3 Å². The van der Waals surface area contributed by atoms with Gasteiger partial charge in [-0.25, -0.2) is 5.01 Å². The second-order valence-electron chi connectivity index (χ2n) is 5.46. The van der Waals surface area contributed by atoms with E-state index in [1.165, 1.54) is 5.01 Å². The molecule has 0 fully saturated rings. The summed E-state index contributed by atoms with van der Waals surface area (Å²) in [6, 6.07) is 13.5. The summed E-state index contributed by atoms with van der Waals surface area (Å²) in [6.45, 7) is -0.335. The maximum absolute atomic E-state index is 12.4. The van der Waals surface area contributed by atoms with Crippen LogP contribution in [0.15, 0.2) is 58.7 Å². The summed E-state index contributed by atoms with van der Waals surface area (Å²) >= 11 is 5.92. The molecule has 0 aromatic heterocycles. The van der Waals surface area contributed by atoms with Gasteiger partial charge in [0, 0.05) is 21.9 Å². The number of aromatic hydroxyl groups is 1. The average Bonchev–Trinajstić information content (AvgIpc) is 3.06. The second-order valence-corrected chi connectivity index (χ2v) is 5.90. The predicted molar refractivity (Wildman–Crippen MR) is 94.3 cm³/mol. The Morgan fingerprint density at radius 3 is 2.72 bits per heavy atom. The van der Waals surface area contributed by atoms with Crippen molar-refractivity contribution in [3.63, 3.8) is 0 Å². The van der Waals surface area contributed by atoms with Gasteiger partial charge in [0.1, 0.15) is 12.3 Å². The van der Waals surface area contributed by atoms with Crippen LogP contribution < -0.4 is 0 Å². The largest absolute Gasteiger partial charge is 0.508 e. The lowest BCUT2D eigenvalue weighted by molar-refractivity contribution is -0.131. The summed E-state index contributed by atoms with van der Waals surface area (Å²) in [6.07, 6.45) is 0.432. The monoisotopic (exact) mass is 355 g/mol. The number of benzene rings is 2. The first-order valence-electron chi connectivity index (χ1n) is 7.54. The number of phenolic OH excluding ortho intramolecular Hbond substituents is 1. The van der Waals surface area contributed by atoms with Crippen molar-refractivity contribution in [2.75, 3.05) is 6.54 Å². The van der Waals surface area contributed by atoms with Crippen LogP contribution in [0.3, 0.4) is 0 Å². The molecule has 2 aromatic rings. The molecule has 25 heavy (non-hydrogen) atoms. The normalized spacial score (nSPS) is 16.3. The van der Waals surface area contributed by atoms with Gasteiger partial charge < -0.3 is 5.11 Å². The number of hydrazone groups is 1. The van der Waals surface area contributed by atoms with E-state index < -0.39 is 11.9 Å². The highest BCUT2D eigenvalue weighted by Gasteiger charge is 2.34. The molecule has 8 heteroatoms. The zero-order chi connectivity index (χ0) is 17.8. The first-order chi connectivity index (χ1) is 12.1. The smallest absolute Gasteiger partial charge is 0.249 e. The average molecular weight is 356 g/mol. The molecule has 0 saturated carbocycles. The van der Waals surface area contributed by atoms with Crippen molar-refractivity contribution in [2.24, 2.45) is 10.2 Å². The summed E-state index contributed by atoms with van der Waals surface area (Å²) in [5, 5.41) is 19.7. The summed E-state index contributed by atoms with van der Waals surface area (Å²) in [5.74, 6) is -0.350. The van der Waals surface area contributed by atoms with Crippen LogP contribution in [0.2, 0.25) is 5.02 Å². The second kappa shape index (κ2) is 7.25. The minimum absolute atomic E-state index is 0.0849. The van der Waals surface area contributed by atoms with Gasteiger partial charge in [0.2, 0.25) is 5.91 Å². The number of amides is 1. The highest BCUT2D eigenvalue weighted by Crippen LogP contribution is 2.37. The molecule has 1 aliphatic rings. The Kier molecular flexibility index (Phi) is 4.88. The van der Waals surface area contributed by atoms with Crippen LogP contribution in [0.5, 0.6) is 5.75 Å². The van der Waals surface area contributed by atoms with Crippen LogP contribution in [0.4, 0.5) is 0 Å². The number of azide groups is 1. The number of carbonyl (C=O) groups is 1. The minimum atomic E-state index is -0.465. The van der Waals surface area contributed by atoms with Crippen LogP contribution >= 0.6 is 11.6 Å². The predicted octanol–water partition coefficient (Wildman–Crippen LogP) is 4.03. The van der Waals surface area contributed by atoms with E-state index in [1.54, 1.807) is 36.4 Å². The van der Waals surface area contributed by atoms with Crippen molar-refractivity contribution in [1.29, 1.82) is 0 Å². The molecule has 1 aliphatic heterocycles. The van der Waals surface area contributed by atoms with Crippen LogP contribution in [-0.4, -0.2) is 28.3 Å². The van der Waals surface area contributed by atoms with Crippen molar-refractivity contribution in [1.82, 2.24) is 5.01 Å². The number of carbonyl (C=O) groups excluding carboxylic acids is 1. The minimum Gasteiger partial charge on any atom is -0.508 e. The topological polar surface area (TPSA) is 102 Å². The summed E-state index contributed by atoms with van der Waals surface area (Å²) in [7, 11) is 0. The van der Waals surface area contributed by atoms with Gasteiger partial charge in [0.15, 0.2) is 0 Å². The highest BCUT2D eigenvalue weighted by atomic mass is 35.5. The van der Waals surface area contributed by atoms with Crippen molar-refractivity contribution >= 4 is 23.2 Å². The number of nitrogens with zero attached hydrogens (tertiary/aromatic N) is 5. The van der Waals surface area contributed by atoms with E-state index >= 15 is 0 Å². The van der Waals surface area contributed by atoms with Crippen LogP contribution in [0.25, 0.3) is 10.4 Å². The van der Waals surface area contributed by atoms with Crippen molar-refractivity contribution in [3.8, 4) is 5.75 Å². The molecule has 0 unspecified atom stereocenters. The molecule has 126 valence electrons. The number of para-hydroxylation sites is 1. The fraction of sp³-hybridized carbons (Fsp3) is 0.176. The SMILES string of the molecule is [N-]=[N+]=NCC(=O)N1N=C(c2ccc(Cl)cc2)C[C@H]1c1ccccc1O. The summed E-state index contributed by atoms with van der Waals surface area (Å²) < 4.78 is 0. The van der Waals surface area contributed by atoms with Gasteiger partial charge in [-0.2, -0.15) is 5.10 Å². The number of rotatable bonds is 4. The fourth-order valence-electron chi connectivity index (χ4n) is 2.73. The maximum Gasteiger partial charge on any atom is 0.249 e. The zero-order valence-corrected chi connectivity index (χ0v) is 13.8. The van der Waals surface area contributed by atoms with Crippen molar-refractivity contribution < 1.29 is 9.90 Å². The third-order valence-corrected chi connectivity index (χ3v) is 4.16. The fourth-order valence-corrected chi connectivity index (χ4v) is 2.86. The molecular weight excluding hydrogens is 342 g/mol. The van der Waals surface area contributed by atoms with E-state index in [9.17, 15) is 9.90 Å². The number of hydrogen-bond donors (Lipinski definition) is 1. The van der Waals surface area contributed by atoms with E-state index in [0.717, 1.165) is 5.56 Å². The molecule has 1 amide bonds. The molecule has 1 atom stereocenters. The summed E-state index contributed by atoms with van der Waals surface area (Å²) in [4.78, 5) is 15.0. The Bertz CT molecular complexity index is 875. The van der Waals surface area contributed by atoms with Gasteiger partial charge >= 0.3 is 0 Å². The molecule has 7 nitrogen and oxygen atoms in total. The lowest BCUT2D eigenvalue weighted by Gasteiger charge is -2.22. The Labute approximate surface area is 148 Å². The Morgan fingerprint density at radius 2 is 2.04 bits per heavy atom. The maximum atomic E-state index is 12.4. The Hall–Kier alpha value is -3.02. The van der Waals surface area contributed by atoms with Crippen molar-refractivity contribution in [3.05, 3.63) is 75.1 Å². The lowest BCUT2D eigenvalue weighted by atomic mass is 9.98. The van der Waals surface area contributed by atoms with E-state index in [0.29, 0.717) is 22.7 Å². The van der Waals surface area contributed by atoms with Gasteiger partial charge in [0.25, 0.3) is 0 Å². The van der Waals surface area contributed by atoms with E-state index in [-0.39, 0.29) is 12.3 Å². The number of halogens is 1. The number of hydrogen-bond acceptors (Lipinski definition) is 4. The molecule has 3 rings (SSSR count). The zero-order valence-electron chi connectivity index (χ0n) is 13.1. The third-order valence-electron chi connectivity index (χ3n) is 3.91. The molecule has 2 aromatic carbocycles. The molecule has 1 N–H and O–H groups in total. The quantitative estimate of drug-likeness (QED) is 0.508. The molecule has 0 bridgehead atoms. The van der Waals surface area contributed by atoms with Gasteiger partial charge in [-0.15, -0.1) is 0 Å². The first-order valence-corrected chi connectivity index (χ1v) is 7.92. The van der Waals surface area contributed by atoms with Crippen LogP contribution in [0, 0.1) is 0 Å². The first kappa shape index (κ1) is 16.8. The lowest BCUT2D eigenvalue weighted by Crippen LogP contribution is -2.28. The Balaban J connectivity index is 1.97. The standard InChI is InChI=1S/C17H14ClN5O2/c18-12-7-5-11(6-8-12)14-9-15(13-3-1-2-4-16(13)24)23(21-14)17(25)10-20-22-19/h1-8,15,24H,9-10H2/t15-/m0/s1. The van der Waals surface area contributed by atoms with E-state index in [2.05, 4.69) is 15.1 Å². The molecule has 0 aliphatic carbocycles.